The number of rotatable bonds is 5. The van der Waals surface area contributed by atoms with Gasteiger partial charge in [0.25, 0.3) is 0 Å². The fraction of sp³-hybridized carbons (Fsp3) is 0.235. The minimum Gasteiger partial charge on any atom is -0.294 e. The number of para-hydroxylation sites is 1. The van der Waals surface area contributed by atoms with Crippen LogP contribution in [0.4, 0.5) is 0 Å². The fourth-order valence-corrected chi connectivity index (χ4v) is 7.20. The maximum absolute atomic E-state index is 14.0. The van der Waals surface area contributed by atoms with Crippen LogP contribution < -0.4 is 10.1 Å². The van der Waals surface area contributed by atoms with Gasteiger partial charge in [0, 0.05) is 18.4 Å². The molecule has 3 rings (SSSR count). The van der Waals surface area contributed by atoms with Crippen LogP contribution in [-0.4, -0.2) is 22.7 Å². The first-order valence-electron chi connectivity index (χ1n) is 7.47. The summed E-state index contributed by atoms with van der Waals surface area (Å²) in [6.45, 7) is 5.57. The van der Waals surface area contributed by atoms with Crippen LogP contribution in [0.5, 0.6) is 0 Å². The zero-order chi connectivity index (χ0) is 15.6. The average molecular weight is 330 g/mol. The fourth-order valence-electron chi connectivity index (χ4n) is 2.64. The molecule has 0 bridgehead atoms. The van der Waals surface area contributed by atoms with Crippen molar-refractivity contribution in [3.63, 3.8) is 0 Å². The predicted octanol–water partition coefficient (Wildman–Crippen LogP) is 3.87. The molecule has 0 saturated carbocycles. The van der Waals surface area contributed by atoms with E-state index in [-0.39, 0.29) is 0 Å². The SMILES string of the molecule is CCN(CC)P(=O)(c1ccccc1)c1nc2ccccc2s1. The summed E-state index contributed by atoms with van der Waals surface area (Å²) in [5.41, 5.74) is 0.922. The van der Waals surface area contributed by atoms with Gasteiger partial charge in [0.2, 0.25) is 7.29 Å². The molecular formula is C17H19N2OPS. The monoisotopic (exact) mass is 330 g/mol. The molecule has 22 heavy (non-hydrogen) atoms. The van der Waals surface area contributed by atoms with Gasteiger partial charge >= 0.3 is 0 Å². The van der Waals surface area contributed by atoms with E-state index in [1.165, 1.54) is 0 Å². The first kappa shape index (κ1) is 15.4. The van der Waals surface area contributed by atoms with Gasteiger partial charge in [-0.2, -0.15) is 0 Å². The Morgan fingerprint density at radius 2 is 1.64 bits per heavy atom. The quantitative estimate of drug-likeness (QED) is 0.666. The predicted molar refractivity (Wildman–Crippen MR) is 95.9 cm³/mol. The van der Waals surface area contributed by atoms with Crippen molar-refractivity contribution in [1.82, 2.24) is 9.65 Å². The maximum Gasteiger partial charge on any atom is 0.234 e. The van der Waals surface area contributed by atoms with Crippen molar-refractivity contribution in [2.24, 2.45) is 0 Å². The first-order chi connectivity index (χ1) is 10.7. The summed E-state index contributed by atoms with van der Waals surface area (Å²) in [7, 11) is -2.87. The van der Waals surface area contributed by atoms with Crippen molar-refractivity contribution in [3.05, 3.63) is 54.6 Å². The Labute approximate surface area is 135 Å². The van der Waals surface area contributed by atoms with Crippen molar-refractivity contribution in [2.75, 3.05) is 13.1 Å². The van der Waals surface area contributed by atoms with Gasteiger partial charge < -0.3 is 0 Å². The standard InChI is InChI=1S/C17H19N2OPS/c1-3-19(4-2)21(20,14-10-6-5-7-11-14)17-18-15-12-8-9-13-16(15)22-17/h5-13H,3-4H2,1-2H3. The van der Waals surface area contributed by atoms with Crippen LogP contribution in [0.2, 0.25) is 0 Å². The van der Waals surface area contributed by atoms with E-state index in [0.29, 0.717) is 0 Å². The van der Waals surface area contributed by atoms with Crippen molar-refractivity contribution in [1.29, 1.82) is 0 Å². The van der Waals surface area contributed by atoms with Gasteiger partial charge in [0.05, 0.1) is 10.2 Å². The van der Waals surface area contributed by atoms with E-state index in [9.17, 15) is 4.57 Å². The van der Waals surface area contributed by atoms with Crippen molar-refractivity contribution in [3.8, 4) is 0 Å². The highest BCUT2D eigenvalue weighted by Crippen LogP contribution is 2.48. The molecule has 1 unspecified atom stereocenters. The van der Waals surface area contributed by atoms with Crippen molar-refractivity contribution in [2.45, 2.75) is 13.8 Å². The molecule has 0 fully saturated rings. The second-order valence-electron chi connectivity index (χ2n) is 5.01. The topological polar surface area (TPSA) is 33.2 Å². The zero-order valence-corrected chi connectivity index (χ0v) is 14.5. The Bertz CT molecular complexity index is 779. The summed E-state index contributed by atoms with van der Waals surface area (Å²) in [5.74, 6) is 0. The molecule has 0 spiro atoms. The second kappa shape index (κ2) is 6.33. The van der Waals surface area contributed by atoms with Crippen LogP contribution in [0.25, 0.3) is 10.2 Å². The molecule has 0 saturated heterocycles. The van der Waals surface area contributed by atoms with E-state index >= 15 is 0 Å². The number of aromatic nitrogens is 1. The molecule has 1 aromatic heterocycles. The van der Waals surface area contributed by atoms with E-state index in [1.807, 2.05) is 73.1 Å². The largest absolute Gasteiger partial charge is 0.294 e. The number of hydrogen-bond donors (Lipinski definition) is 0. The molecule has 0 aliphatic rings. The lowest BCUT2D eigenvalue weighted by Crippen LogP contribution is -2.32. The van der Waals surface area contributed by atoms with Crippen LogP contribution in [0.15, 0.2) is 54.6 Å². The van der Waals surface area contributed by atoms with Gasteiger partial charge in [0.15, 0.2) is 4.75 Å². The number of thiazole rings is 1. The minimum absolute atomic E-state index is 0.726. The highest BCUT2D eigenvalue weighted by Gasteiger charge is 2.36. The van der Waals surface area contributed by atoms with Gasteiger partial charge in [-0.25, -0.2) is 9.65 Å². The normalized spacial score (nSPS) is 14.3. The average Bonchev–Trinajstić information content (AvgIpc) is 3.01. The molecule has 0 aliphatic carbocycles. The molecule has 1 heterocycles. The van der Waals surface area contributed by atoms with Crippen LogP contribution in [0.3, 0.4) is 0 Å². The number of fused-ring (bicyclic) bond motifs is 1. The molecule has 5 heteroatoms. The molecule has 114 valence electrons. The van der Waals surface area contributed by atoms with E-state index in [4.69, 9.17) is 4.98 Å². The Kier molecular flexibility index (Phi) is 4.44. The summed E-state index contributed by atoms with van der Waals surface area (Å²) < 4.78 is 17.9. The lowest BCUT2D eigenvalue weighted by molar-refractivity contribution is 0.458. The third kappa shape index (κ3) is 2.52. The van der Waals surface area contributed by atoms with Crippen molar-refractivity contribution >= 4 is 38.9 Å². The summed E-state index contributed by atoms with van der Waals surface area (Å²) in [4.78, 5) is 4.69. The first-order valence-corrected chi connectivity index (χ1v) is 9.95. The zero-order valence-electron chi connectivity index (χ0n) is 12.8. The Morgan fingerprint density at radius 3 is 2.27 bits per heavy atom. The second-order valence-corrected chi connectivity index (χ2v) is 9.01. The molecule has 3 nitrogen and oxygen atoms in total. The van der Waals surface area contributed by atoms with Crippen LogP contribution in [-0.2, 0) is 4.57 Å². The molecule has 0 amide bonds. The highest BCUT2D eigenvalue weighted by molar-refractivity contribution is 7.81. The van der Waals surface area contributed by atoms with Crippen LogP contribution in [0, 0.1) is 0 Å². The van der Waals surface area contributed by atoms with Gasteiger partial charge in [-0.15, -0.1) is 11.3 Å². The summed E-state index contributed by atoms with van der Waals surface area (Å²) in [5, 5.41) is 0.859. The number of hydrogen-bond acceptors (Lipinski definition) is 3. The number of benzene rings is 2. The van der Waals surface area contributed by atoms with E-state index in [1.54, 1.807) is 11.3 Å². The molecule has 1 atom stereocenters. The molecule has 0 radical (unpaired) electrons. The third-order valence-corrected chi connectivity index (χ3v) is 8.61. The van der Waals surface area contributed by atoms with Crippen LogP contribution in [0.1, 0.15) is 13.8 Å². The lowest BCUT2D eigenvalue weighted by Gasteiger charge is -2.28. The molecule has 3 aromatic rings. The molecule has 2 aromatic carbocycles. The van der Waals surface area contributed by atoms with Gasteiger partial charge in [-0.05, 0) is 24.3 Å². The molecule has 0 N–H and O–H groups in total. The highest BCUT2D eigenvalue weighted by atomic mass is 32.1. The Morgan fingerprint density at radius 1 is 1.00 bits per heavy atom. The van der Waals surface area contributed by atoms with Crippen LogP contribution >= 0.6 is 18.6 Å². The lowest BCUT2D eigenvalue weighted by atomic mass is 10.3. The van der Waals surface area contributed by atoms with Crippen molar-refractivity contribution < 1.29 is 4.57 Å². The maximum atomic E-state index is 14.0. The number of nitrogens with zero attached hydrogens (tertiary/aromatic N) is 2. The molecular weight excluding hydrogens is 311 g/mol. The van der Waals surface area contributed by atoms with E-state index in [0.717, 1.165) is 33.4 Å². The molecule has 0 aliphatic heterocycles. The Hall–Kier alpha value is -1.48. The van der Waals surface area contributed by atoms with E-state index in [2.05, 4.69) is 0 Å². The minimum atomic E-state index is -2.87. The summed E-state index contributed by atoms with van der Waals surface area (Å²) in [6, 6.07) is 17.7. The smallest absolute Gasteiger partial charge is 0.234 e. The van der Waals surface area contributed by atoms with Gasteiger partial charge in [-0.3, -0.25) is 4.57 Å². The van der Waals surface area contributed by atoms with Gasteiger partial charge in [0.1, 0.15) is 0 Å². The van der Waals surface area contributed by atoms with Gasteiger partial charge in [-0.1, -0.05) is 44.2 Å². The summed E-state index contributed by atoms with van der Waals surface area (Å²) >= 11 is 1.54. The Balaban J connectivity index is 2.23. The summed E-state index contributed by atoms with van der Waals surface area (Å²) in [6.07, 6.45) is 0. The van der Waals surface area contributed by atoms with E-state index < -0.39 is 7.29 Å². The third-order valence-electron chi connectivity index (χ3n) is 3.78.